The maximum atomic E-state index is 11.6. The SMILES string of the molecule is COc1ccc(-c2nc(=O)c(C)c(C)o2)cc1. The molecule has 0 aliphatic rings. The summed E-state index contributed by atoms with van der Waals surface area (Å²) in [6, 6.07) is 7.20. The van der Waals surface area contributed by atoms with E-state index in [2.05, 4.69) is 4.98 Å². The van der Waals surface area contributed by atoms with Gasteiger partial charge < -0.3 is 9.15 Å². The van der Waals surface area contributed by atoms with Gasteiger partial charge in [-0.25, -0.2) is 0 Å². The molecule has 17 heavy (non-hydrogen) atoms. The monoisotopic (exact) mass is 231 g/mol. The van der Waals surface area contributed by atoms with E-state index in [0.29, 0.717) is 17.2 Å². The van der Waals surface area contributed by atoms with Crippen molar-refractivity contribution in [1.82, 2.24) is 4.98 Å². The lowest BCUT2D eigenvalue weighted by Gasteiger charge is -2.04. The lowest BCUT2D eigenvalue weighted by Crippen LogP contribution is -2.11. The average molecular weight is 231 g/mol. The highest BCUT2D eigenvalue weighted by atomic mass is 16.5. The van der Waals surface area contributed by atoms with Gasteiger partial charge in [0, 0.05) is 5.56 Å². The lowest BCUT2D eigenvalue weighted by molar-refractivity contribution is 0.415. The van der Waals surface area contributed by atoms with Crippen molar-refractivity contribution in [3.05, 3.63) is 45.9 Å². The Morgan fingerprint density at radius 3 is 2.35 bits per heavy atom. The summed E-state index contributed by atoms with van der Waals surface area (Å²) in [5.74, 6) is 1.68. The van der Waals surface area contributed by atoms with Gasteiger partial charge in [0.25, 0.3) is 5.56 Å². The first-order chi connectivity index (χ1) is 8.11. The van der Waals surface area contributed by atoms with Gasteiger partial charge in [-0.3, -0.25) is 4.79 Å². The molecule has 0 saturated carbocycles. The Balaban J connectivity index is 2.49. The van der Waals surface area contributed by atoms with Crippen LogP contribution in [0.4, 0.5) is 0 Å². The molecule has 1 aromatic carbocycles. The summed E-state index contributed by atoms with van der Waals surface area (Å²) in [6.07, 6.45) is 0. The average Bonchev–Trinajstić information content (AvgIpc) is 2.35. The molecule has 0 aliphatic heterocycles. The smallest absolute Gasteiger partial charge is 0.279 e. The van der Waals surface area contributed by atoms with Crippen LogP contribution in [0.3, 0.4) is 0 Å². The van der Waals surface area contributed by atoms with Gasteiger partial charge in [0.05, 0.1) is 12.7 Å². The molecule has 1 heterocycles. The summed E-state index contributed by atoms with van der Waals surface area (Å²) >= 11 is 0. The number of hydrogen-bond acceptors (Lipinski definition) is 4. The maximum absolute atomic E-state index is 11.6. The molecule has 0 fully saturated rings. The molecule has 0 N–H and O–H groups in total. The Kier molecular flexibility index (Phi) is 2.95. The van der Waals surface area contributed by atoms with Crippen molar-refractivity contribution in [2.75, 3.05) is 7.11 Å². The number of rotatable bonds is 2. The molecular formula is C13H13NO3. The van der Waals surface area contributed by atoms with E-state index in [1.54, 1.807) is 45.2 Å². The molecule has 0 amide bonds. The molecule has 2 aromatic rings. The van der Waals surface area contributed by atoms with Crippen molar-refractivity contribution in [3.63, 3.8) is 0 Å². The fourth-order valence-corrected chi connectivity index (χ4v) is 1.43. The predicted molar refractivity (Wildman–Crippen MR) is 64.2 cm³/mol. The quantitative estimate of drug-likeness (QED) is 0.796. The van der Waals surface area contributed by atoms with Crippen molar-refractivity contribution in [2.45, 2.75) is 13.8 Å². The number of aryl methyl sites for hydroxylation is 1. The molecular weight excluding hydrogens is 218 g/mol. The molecule has 0 saturated heterocycles. The van der Waals surface area contributed by atoms with E-state index in [1.807, 2.05) is 0 Å². The number of nitrogens with zero attached hydrogens (tertiary/aromatic N) is 1. The molecule has 0 atom stereocenters. The Hall–Kier alpha value is -2.10. The van der Waals surface area contributed by atoms with Gasteiger partial charge >= 0.3 is 0 Å². The van der Waals surface area contributed by atoms with E-state index in [1.165, 1.54) is 0 Å². The minimum absolute atomic E-state index is 0.250. The van der Waals surface area contributed by atoms with Gasteiger partial charge in [-0.1, -0.05) is 0 Å². The van der Waals surface area contributed by atoms with Crippen LogP contribution in [-0.4, -0.2) is 12.1 Å². The fraction of sp³-hybridized carbons (Fsp3) is 0.231. The normalized spacial score (nSPS) is 10.3. The van der Waals surface area contributed by atoms with E-state index in [0.717, 1.165) is 11.3 Å². The lowest BCUT2D eigenvalue weighted by atomic mass is 10.2. The minimum Gasteiger partial charge on any atom is -0.497 e. The first kappa shape index (κ1) is 11.4. The van der Waals surface area contributed by atoms with Crippen LogP contribution in [0.1, 0.15) is 11.3 Å². The van der Waals surface area contributed by atoms with Crippen LogP contribution in [0.5, 0.6) is 5.75 Å². The highest BCUT2D eigenvalue weighted by Crippen LogP contribution is 2.20. The highest BCUT2D eigenvalue weighted by molar-refractivity contribution is 5.54. The molecule has 0 aliphatic carbocycles. The van der Waals surface area contributed by atoms with Gasteiger partial charge in [0.1, 0.15) is 11.5 Å². The third-order valence-electron chi connectivity index (χ3n) is 2.64. The second-order valence-electron chi connectivity index (χ2n) is 3.73. The largest absolute Gasteiger partial charge is 0.497 e. The van der Waals surface area contributed by atoms with Gasteiger partial charge in [-0.15, -0.1) is 0 Å². The molecule has 0 radical (unpaired) electrons. The molecule has 0 bridgehead atoms. The van der Waals surface area contributed by atoms with Crippen molar-refractivity contribution >= 4 is 0 Å². The standard InChI is InChI=1S/C13H13NO3/c1-8-9(2)17-13(14-12(8)15)10-4-6-11(16-3)7-5-10/h4-7H,1-3H3. The summed E-state index contributed by atoms with van der Waals surface area (Å²) in [7, 11) is 1.60. The van der Waals surface area contributed by atoms with Crippen molar-refractivity contribution in [1.29, 1.82) is 0 Å². The van der Waals surface area contributed by atoms with Crippen LogP contribution in [0.15, 0.2) is 33.5 Å². The third-order valence-corrected chi connectivity index (χ3v) is 2.64. The first-order valence-electron chi connectivity index (χ1n) is 5.24. The predicted octanol–water partition coefficient (Wildman–Crippen LogP) is 2.33. The van der Waals surface area contributed by atoms with Crippen LogP contribution in [-0.2, 0) is 0 Å². The van der Waals surface area contributed by atoms with Gasteiger partial charge in [-0.2, -0.15) is 4.98 Å². The number of hydrogen-bond donors (Lipinski definition) is 0. The molecule has 4 nitrogen and oxygen atoms in total. The summed E-state index contributed by atoms with van der Waals surface area (Å²) in [6.45, 7) is 3.46. The molecule has 2 rings (SSSR count). The van der Waals surface area contributed by atoms with Crippen LogP contribution in [0.2, 0.25) is 0 Å². The van der Waals surface area contributed by atoms with Crippen molar-refractivity contribution in [2.24, 2.45) is 0 Å². The topological polar surface area (TPSA) is 52.3 Å². The van der Waals surface area contributed by atoms with Crippen LogP contribution in [0, 0.1) is 13.8 Å². The van der Waals surface area contributed by atoms with Gasteiger partial charge in [0.15, 0.2) is 0 Å². The fourth-order valence-electron chi connectivity index (χ4n) is 1.43. The van der Waals surface area contributed by atoms with Crippen LogP contribution >= 0.6 is 0 Å². The number of ether oxygens (including phenoxy) is 1. The second kappa shape index (κ2) is 4.41. The zero-order valence-corrected chi connectivity index (χ0v) is 9.98. The molecule has 88 valence electrons. The number of methoxy groups -OCH3 is 1. The molecule has 0 unspecified atom stereocenters. The summed E-state index contributed by atoms with van der Waals surface area (Å²) in [5.41, 5.74) is 1.05. The van der Waals surface area contributed by atoms with Gasteiger partial charge in [0.2, 0.25) is 5.89 Å². The minimum atomic E-state index is -0.250. The second-order valence-corrected chi connectivity index (χ2v) is 3.73. The van der Waals surface area contributed by atoms with Crippen LogP contribution in [0.25, 0.3) is 11.5 Å². The first-order valence-corrected chi connectivity index (χ1v) is 5.24. The zero-order valence-electron chi connectivity index (χ0n) is 9.98. The van der Waals surface area contributed by atoms with Crippen LogP contribution < -0.4 is 10.3 Å². The Bertz CT molecular complexity index is 585. The zero-order chi connectivity index (χ0) is 12.4. The Morgan fingerprint density at radius 1 is 1.18 bits per heavy atom. The number of benzene rings is 1. The maximum Gasteiger partial charge on any atom is 0.279 e. The Morgan fingerprint density at radius 2 is 1.82 bits per heavy atom. The third kappa shape index (κ3) is 2.20. The van der Waals surface area contributed by atoms with Crippen molar-refractivity contribution in [3.8, 4) is 17.2 Å². The van der Waals surface area contributed by atoms with E-state index in [9.17, 15) is 4.79 Å². The van der Waals surface area contributed by atoms with Gasteiger partial charge in [-0.05, 0) is 38.1 Å². The summed E-state index contributed by atoms with van der Waals surface area (Å²) in [4.78, 5) is 15.5. The van der Waals surface area contributed by atoms with Crippen molar-refractivity contribution < 1.29 is 9.15 Å². The number of aromatic nitrogens is 1. The van der Waals surface area contributed by atoms with E-state index < -0.39 is 0 Å². The Labute approximate surface area is 98.9 Å². The highest BCUT2D eigenvalue weighted by Gasteiger charge is 2.08. The van der Waals surface area contributed by atoms with E-state index in [-0.39, 0.29) is 5.56 Å². The molecule has 1 aromatic heterocycles. The molecule has 4 heteroatoms. The molecule has 0 spiro atoms. The summed E-state index contributed by atoms with van der Waals surface area (Å²) in [5, 5.41) is 0. The van der Waals surface area contributed by atoms with E-state index in [4.69, 9.17) is 9.15 Å². The summed E-state index contributed by atoms with van der Waals surface area (Å²) < 4.78 is 10.6. The van der Waals surface area contributed by atoms with E-state index >= 15 is 0 Å².